The van der Waals surface area contributed by atoms with Crippen molar-refractivity contribution in [3.05, 3.63) is 74.4 Å². The second-order valence-electron chi connectivity index (χ2n) is 8.63. The minimum atomic E-state index is -0.692. The highest BCUT2D eigenvalue weighted by Gasteiger charge is 2.25. The molecule has 0 unspecified atom stereocenters. The SMILES string of the molecule is CCCc1ccc2c(F)c(OCC3CCC(c4cc(F)c(I)c(F)c4)CC3)c(F)cc2c1. The summed E-state index contributed by atoms with van der Waals surface area (Å²) in [7, 11) is 0. The van der Waals surface area contributed by atoms with Gasteiger partial charge in [0.2, 0.25) is 0 Å². The van der Waals surface area contributed by atoms with E-state index in [9.17, 15) is 17.6 Å². The predicted octanol–water partition coefficient (Wildman–Crippen LogP) is 8.31. The standard InChI is InChI=1S/C26H25F4IO/c1-2-3-15-6-9-20-19(10-15)13-23(29)26(24(20)30)32-14-16-4-7-17(8-5-16)18-11-21(27)25(31)22(28)12-18/h6,9-13,16-17H,2-5,7-8,14H2,1H3. The molecule has 32 heavy (non-hydrogen) atoms. The van der Waals surface area contributed by atoms with Crippen LogP contribution in [-0.4, -0.2) is 6.61 Å². The van der Waals surface area contributed by atoms with Crippen LogP contribution in [0.2, 0.25) is 0 Å². The lowest BCUT2D eigenvalue weighted by Gasteiger charge is -2.29. The van der Waals surface area contributed by atoms with Gasteiger partial charge in [-0.1, -0.05) is 31.5 Å². The third-order valence-electron chi connectivity index (χ3n) is 6.38. The van der Waals surface area contributed by atoms with Crippen LogP contribution in [0.4, 0.5) is 17.6 Å². The Bertz CT molecular complexity index is 1100. The average molecular weight is 556 g/mol. The minimum Gasteiger partial charge on any atom is -0.487 e. The van der Waals surface area contributed by atoms with Gasteiger partial charge in [-0.3, -0.25) is 0 Å². The molecule has 1 aliphatic rings. The van der Waals surface area contributed by atoms with Crippen molar-refractivity contribution in [3.8, 4) is 5.75 Å². The van der Waals surface area contributed by atoms with Gasteiger partial charge in [-0.05, 0) is 101 Å². The molecule has 0 saturated heterocycles. The lowest BCUT2D eigenvalue weighted by atomic mass is 9.79. The Morgan fingerprint density at radius 3 is 2.25 bits per heavy atom. The van der Waals surface area contributed by atoms with Crippen LogP contribution >= 0.6 is 22.6 Å². The van der Waals surface area contributed by atoms with E-state index in [1.165, 1.54) is 18.2 Å². The number of ether oxygens (including phenoxy) is 1. The monoisotopic (exact) mass is 556 g/mol. The zero-order valence-electron chi connectivity index (χ0n) is 17.9. The number of fused-ring (bicyclic) bond motifs is 1. The fourth-order valence-corrected chi connectivity index (χ4v) is 4.92. The van der Waals surface area contributed by atoms with Crippen molar-refractivity contribution in [1.82, 2.24) is 0 Å². The average Bonchev–Trinajstić information content (AvgIpc) is 2.77. The molecule has 0 heterocycles. The first-order chi connectivity index (χ1) is 15.4. The molecule has 0 radical (unpaired) electrons. The molecule has 0 aliphatic heterocycles. The van der Waals surface area contributed by atoms with E-state index in [1.54, 1.807) is 28.7 Å². The molecule has 0 aromatic heterocycles. The normalized spacial score (nSPS) is 18.8. The van der Waals surface area contributed by atoms with Gasteiger partial charge in [0.1, 0.15) is 11.6 Å². The summed E-state index contributed by atoms with van der Waals surface area (Å²) in [5.74, 6) is -2.52. The Kier molecular flexibility index (Phi) is 7.27. The summed E-state index contributed by atoms with van der Waals surface area (Å²) in [6.45, 7) is 2.28. The Morgan fingerprint density at radius 1 is 0.906 bits per heavy atom. The van der Waals surface area contributed by atoms with Gasteiger partial charge in [-0.2, -0.15) is 0 Å². The summed E-state index contributed by atoms with van der Waals surface area (Å²) in [5, 5.41) is 0.892. The Balaban J connectivity index is 1.41. The fraction of sp³-hybridized carbons (Fsp3) is 0.385. The first-order valence-electron chi connectivity index (χ1n) is 11.0. The first-order valence-corrected chi connectivity index (χ1v) is 12.1. The van der Waals surface area contributed by atoms with Crippen molar-refractivity contribution in [3.63, 3.8) is 0 Å². The lowest BCUT2D eigenvalue weighted by Crippen LogP contribution is -2.20. The van der Waals surface area contributed by atoms with Gasteiger partial charge in [0.15, 0.2) is 17.4 Å². The van der Waals surface area contributed by atoms with E-state index in [4.69, 9.17) is 4.74 Å². The Labute approximate surface area is 199 Å². The summed E-state index contributed by atoms with van der Waals surface area (Å²) in [4.78, 5) is 0. The van der Waals surface area contributed by atoms with Crippen LogP contribution in [0, 0.1) is 32.8 Å². The predicted molar refractivity (Wildman–Crippen MR) is 127 cm³/mol. The molecule has 1 saturated carbocycles. The highest BCUT2D eigenvalue weighted by atomic mass is 127. The molecular formula is C26H25F4IO. The highest BCUT2D eigenvalue weighted by molar-refractivity contribution is 14.1. The van der Waals surface area contributed by atoms with E-state index in [1.807, 2.05) is 12.1 Å². The van der Waals surface area contributed by atoms with Gasteiger partial charge < -0.3 is 4.74 Å². The highest BCUT2D eigenvalue weighted by Crippen LogP contribution is 2.38. The van der Waals surface area contributed by atoms with E-state index in [-0.39, 0.29) is 27.8 Å². The molecule has 3 aromatic carbocycles. The van der Waals surface area contributed by atoms with Gasteiger partial charge in [0, 0.05) is 5.39 Å². The van der Waals surface area contributed by atoms with Crippen LogP contribution in [-0.2, 0) is 6.42 Å². The maximum Gasteiger partial charge on any atom is 0.191 e. The molecule has 1 nitrogen and oxygen atoms in total. The van der Waals surface area contributed by atoms with Gasteiger partial charge in [-0.25, -0.2) is 17.6 Å². The molecule has 0 amide bonds. The lowest BCUT2D eigenvalue weighted by molar-refractivity contribution is 0.188. The van der Waals surface area contributed by atoms with Crippen LogP contribution in [0.25, 0.3) is 10.8 Å². The van der Waals surface area contributed by atoms with Crippen LogP contribution in [0.5, 0.6) is 5.75 Å². The zero-order valence-corrected chi connectivity index (χ0v) is 20.0. The van der Waals surface area contributed by atoms with Gasteiger partial charge in [0.05, 0.1) is 10.2 Å². The number of benzene rings is 3. The van der Waals surface area contributed by atoms with Crippen molar-refractivity contribution in [2.45, 2.75) is 51.4 Å². The van der Waals surface area contributed by atoms with E-state index in [2.05, 4.69) is 6.92 Å². The maximum atomic E-state index is 15.0. The van der Waals surface area contributed by atoms with E-state index < -0.39 is 23.3 Å². The Hall–Kier alpha value is -1.83. The number of aryl methyl sites for hydroxylation is 1. The fourth-order valence-electron chi connectivity index (χ4n) is 4.61. The van der Waals surface area contributed by atoms with Crippen molar-refractivity contribution < 1.29 is 22.3 Å². The van der Waals surface area contributed by atoms with Crippen LogP contribution in [0.15, 0.2) is 36.4 Å². The Morgan fingerprint density at radius 2 is 1.59 bits per heavy atom. The van der Waals surface area contributed by atoms with Crippen molar-refractivity contribution in [2.24, 2.45) is 5.92 Å². The number of rotatable bonds is 6. The maximum absolute atomic E-state index is 15.0. The van der Waals surface area contributed by atoms with Crippen molar-refractivity contribution in [2.75, 3.05) is 6.61 Å². The molecule has 3 aromatic rings. The van der Waals surface area contributed by atoms with Crippen LogP contribution in [0.3, 0.4) is 0 Å². The summed E-state index contributed by atoms with van der Waals surface area (Å²) in [6.07, 6.45) is 4.90. The molecule has 1 aliphatic carbocycles. The molecule has 170 valence electrons. The van der Waals surface area contributed by atoms with Crippen molar-refractivity contribution in [1.29, 1.82) is 0 Å². The summed E-state index contributed by atoms with van der Waals surface area (Å²) in [6, 6.07) is 9.55. The van der Waals surface area contributed by atoms with Gasteiger partial charge in [0.25, 0.3) is 0 Å². The molecule has 0 spiro atoms. The van der Waals surface area contributed by atoms with E-state index in [0.29, 0.717) is 16.3 Å². The van der Waals surface area contributed by atoms with E-state index in [0.717, 1.165) is 44.1 Å². The number of halogens is 5. The molecule has 0 N–H and O–H groups in total. The number of hydrogen-bond donors (Lipinski definition) is 0. The first kappa shape index (κ1) is 23.3. The summed E-state index contributed by atoms with van der Waals surface area (Å²) in [5.41, 5.74) is 1.73. The van der Waals surface area contributed by atoms with E-state index >= 15 is 0 Å². The molecule has 0 atom stereocenters. The molecule has 1 fully saturated rings. The minimum absolute atomic E-state index is 0.00876. The third kappa shape index (κ3) is 4.90. The largest absolute Gasteiger partial charge is 0.487 e. The second kappa shape index (κ2) is 9.98. The van der Waals surface area contributed by atoms with Crippen LogP contribution < -0.4 is 4.74 Å². The molecule has 6 heteroatoms. The quantitative estimate of drug-likeness (QED) is 0.169. The zero-order chi connectivity index (χ0) is 22.8. The molecule has 4 rings (SSSR count). The number of hydrogen-bond acceptors (Lipinski definition) is 1. The summed E-state index contributed by atoms with van der Waals surface area (Å²) >= 11 is 1.66. The van der Waals surface area contributed by atoms with Gasteiger partial charge in [-0.15, -0.1) is 0 Å². The topological polar surface area (TPSA) is 9.23 Å². The molecule has 0 bridgehead atoms. The third-order valence-corrected chi connectivity index (χ3v) is 7.41. The smallest absolute Gasteiger partial charge is 0.191 e. The van der Waals surface area contributed by atoms with Crippen LogP contribution in [0.1, 0.15) is 56.1 Å². The van der Waals surface area contributed by atoms with Crippen molar-refractivity contribution >= 4 is 33.4 Å². The second-order valence-corrected chi connectivity index (χ2v) is 9.71. The molecular weight excluding hydrogens is 531 g/mol. The van der Waals surface area contributed by atoms with Gasteiger partial charge >= 0.3 is 0 Å². The summed E-state index contributed by atoms with van der Waals surface area (Å²) < 4.78 is 63.0.